The molecule has 1 unspecified atom stereocenters. The molecule has 0 aromatic carbocycles. The molecule has 0 fully saturated rings. The van der Waals surface area contributed by atoms with Crippen molar-refractivity contribution < 1.29 is 13.5 Å². The smallest absolute Gasteiger partial charge is 0.153 e. The number of hydrogen-bond donors (Lipinski definition) is 2. The zero-order valence-electron chi connectivity index (χ0n) is 9.37. The van der Waals surface area contributed by atoms with E-state index < -0.39 is 14.6 Å². The number of rotatable bonds is 6. The lowest BCUT2D eigenvalue weighted by atomic mass is 10.1. The maximum absolute atomic E-state index is 11.3. The first-order chi connectivity index (χ1) is 6.20. The predicted molar refractivity (Wildman–Crippen MR) is 58.0 cm³/mol. The molecule has 1 atom stereocenters. The van der Waals surface area contributed by atoms with E-state index >= 15 is 0 Å². The number of hydrogen-bond acceptors (Lipinski definition) is 4. The van der Waals surface area contributed by atoms with Crippen molar-refractivity contribution in [3.63, 3.8) is 0 Å². The second-order valence-electron chi connectivity index (χ2n) is 4.45. The second-order valence-corrected chi connectivity index (χ2v) is 7.10. The molecule has 0 aliphatic heterocycles. The van der Waals surface area contributed by atoms with E-state index in [1.807, 2.05) is 6.92 Å². The largest absolute Gasteiger partial charge is 0.396 e. The molecule has 0 aromatic rings. The van der Waals surface area contributed by atoms with Gasteiger partial charge in [0.05, 0.1) is 4.75 Å². The average Bonchev–Trinajstić information content (AvgIpc) is 2.01. The second kappa shape index (κ2) is 5.09. The van der Waals surface area contributed by atoms with Crippen molar-refractivity contribution in [1.29, 1.82) is 0 Å². The van der Waals surface area contributed by atoms with Crippen LogP contribution in [0.15, 0.2) is 0 Å². The van der Waals surface area contributed by atoms with Gasteiger partial charge in [0.15, 0.2) is 9.84 Å². The van der Waals surface area contributed by atoms with Gasteiger partial charge in [-0.15, -0.1) is 0 Å². The van der Waals surface area contributed by atoms with Crippen LogP contribution in [0.1, 0.15) is 20.8 Å². The summed E-state index contributed by atoms with van der Waals surface area (Å²) in [6.07, 6.45) is 1.24. The van der Waals surface area contributed by atoms with Crippen molar-refractivity contribution in [1.82, 2.24) is 5.32 Å². The maximum atomic E-state index is 11.3. The van der Waals surface area contributed by atoms with Gasteiger partial charge in [-0.1, -0.05) is 6.92 Å². The maximum Gasteiger partial charge on any atom is 0.153 e. The van der Waals surface area contributed by atoms with Gasteiger partial charge in [-0.3, -0.25) is 0 Å². The Morgan fingerprint density at radius 1 is 1.43 bits per heavy atom. The van der Waals surface area contributed by atoms with Crippen LogP contribution in [0, 0.1) is 5.92 Å². The Balaban J connectivity index is 4.02. The summed E-state index contributed by atoms with van der Waals surface area (Å²) in [5, 5.41) is 11.8. The van der Waals surface area contributed by atoms with Crippen LogP contribution in [-0.2, 0) is 9.84 Å². The minimum Gasteiger partial charge on any atom is -0.396 e. The molecule has 86 valence electrons. The van der Waals surface area contributed by atoms with Crippen LogP contribution in [0.2, 0.25) is 0 Å². The molecule has 0 rings (SSSR count). The Bertz CT molecular complexity index is 259. The third-order valence-electron chi connectivity index (χ3n) is 2.36. The molecule has 0 radical (unpaired) electrons. The molecule has 0 aromatic heterocycles. The summed E-state index contributed by atoms with van der Waals surface area (Å²) >= 11 is 0. The average molecular weight is 223 g/mol. The monoisotopic (exact) mass is 223 g/mol. The Morgan fingerprint density at radius 3 is 2.29 bits per heavy atom. The van der Waals surface area contributed by atoms with Crippen LogP contribution in [0.5, 0.6) is 0 Å². The minimum atomic E-state index is -3.03. The van der Waals surface area contributed by atoms with Crippen LogP contribution < -0.4 is 5.32 Å². The summed E-state index contributed by atoms with van der Waals surface area (Å²) in [7, 11) is -3.03. The molecule has 0 heterocycles. The fourth-order valence-electron chi connectivity index (χ4n) is 0.815. The van der Waals surface area contributed by atoms with Crippen molar-refractivity contribution in [3.05, 3.63) is 0 Å². The van der Waals surface area contributed by atoms with E-state index in [9.17, 15) is 8.42 Å². The fourth-order valence-corrected chi connectivity index (χ4v) is 1.18. The van der Waals surface area contributed by atoms with Gasteiger partial charge in [-0.25, -0.2) is 8.42 Å². The van der Waals surface area contributed by atoms with Crippen LogP contribution in [-0.4, -0.2) is 44.2 Å². The Kier molecular flexibility index (Phi) is 5.05. The van der Waals surface area contributed by atoms with Crippen molar-refractivity contribution in [2.45, 2.75) is 25.5 Å². The van der Waals surface area contributed by atoms with Gasteiger partial charge in [0.2, 0.25) is 0 Å². The van der Waals surface area contributed by atoms with Gasteiger partial charge in [-0.2, -0.15) is 0 Å². The van der Waals surface area contributed by atoms with Crippen LogP contribution >= 0.6 is 0 Å². The standard InChI is InChI=1S/C9H21NO3S/c1-8(6-11)5-10-7-9(2,3)14(4,12)13/h8,10-11H,5-7H2,1-4H3. The summed E-state index contributed by atoms with van der Waals surface area (Å²) in [6.45, 7) is 6.45. The third-order valence-corrected chi connectivity index (χ3v) is 4.51. The first kappa shape index (κ1) is 13.9. The third kappa shape index (κ3) is 4.39. The van der Waals surface area contributed by atoms with Gasteiger partial charge in [0.1, 0.15) is 0 Å². The number of nitrogens with one attached hydrogen (secondary N) is 1. The van der Waals surface area contributed by atoms with Crippen molar-refractivity contribution in [2.24, 2.45) is 5.92 Å². The summed E-state index contributed by atoms with van der Waals surface area (Å²) in [4.78, 5) is 0. The van der Waals surface area contributed by atoms with E-state index in [1.54, 1.807) is 13.8 Å². The summed E-state index contributed by atoms with van der Waals surface area (Å²) in [5.41, 5.74) is 0. The van der Waals surface area contributed by atoms with E-state index in [1.165, 1.54) is 6.26 Å². The highest BCUT2D eigenvalue weighted by Crippen LogP contribution is 2.13. The summed E-state index contributed by atoms with van der Waals surface area (Å²) in [6, 6.07) is 0. The number of aliphatic hydroxyl groups is 1. The van der Waals surface area contributed by atoms with Gasteiger partial charge < -0.3 is 10.4 Å². The molecule has 2 N–H and O–H groups in total. The minimum absolute atomic E-state index is 0.117. The molecule has 0 saturated heterocycles. The lowest BCUT2D eigenvalue weighted by Gasteiger charge is -2.23. The van der Waals surface area contributed by atoms with Crippen molar-refractivity contribution in [3.8, 4) is 0 Å². The molecule has 4 nitrogen and oxygen atoms in total. The molecule has 0 bridgehead atoms. The molecule has 14 heavy (non-hydrogen) atoms. The topological polar surface area (TPSA) is 66.4 Å². The number of aliphatic hydroxyl groups excluding tert-OH is 1. The lowest BCUT2D eigenvalue weighted by molar-refractivity contribution is 0.233. The van der Waals surface area contributed by atoms with E-state index in [-0.39, 0.29) is 12.5 Å². The molecule has 5 heteroatoms. The van der Waals surface area contributed by atoms with Gasteiger partial charge in [-0.05, 0) is 26.3 Å². The predicted octanol–water partition coefficient (Wildman–Crippen LogP) is 0.0276. The molecule has 0 saturated carbocycles. The van der Waals surface area contributed by atoms with Gasteiger partial charge in [0.25, 0.3) is 0 Å². The van der Waals surface area contributed by atoms with E-state index in [0.29, 0.717) is 13.1 Å². The highest BCUT2D eigenvalue weighted by Gasteiger charge is 2.29. The Hall–Kier alpha value is -0.130. The highest BCUT2D eigenvalue weighted by atomic mass is 32.2. The first-order valence-corrected chi connectivity index (χ1v) is 6.61. The van der Waals surface area contributed by atoms with Gasteiger partial charge in [0, 0.05) is 19.4 Å². The lowest BCUT2D eigenvalue weighted by Crippen LogP contribution is -2.43. The Morgan fingerprint density at radius 2 is 1.93 bits per heavy atom. The van der Waals surface area contributed by atoms with E-state index in [4.69, 9.17) is 5.11 Å². The zero-order chi connectivity index (χ0) is 11.4. The molecular formula is C9H21NO3S. The number of sulfone groups is 1. The van der Waals surface area contributed by atoms with Crippen LogP contribution in [0.3, 0.4) is 0 Å². The summed E-state index contributed by atoms with van der Waals surface area (Å²) in [5.74, 6) is 0.158. The molecule has 0 amide bonds. The van der Waals surface area contributed by atoms with Crippen molar-refractivity contribution in [2.75, 3.05) is 26.0 Å². The SMILES string of the molecule is CC(CO)CNCC(C)(C)S(C)(=O)=O. The quantitative estimate of drug-likeness (QED) is 0.666. The van der Waals surface area contributed by atoms with E-state index in [2.05, 4.69) is 5.32 Å². The van der Waals surface area contributed by atoms with E-state index in [0.717, 1.165) is 0 Å². The molecule has 0 aliphatic carbocycles. The van der Waals surface area contributed by atoms with Crippen LogP contribution in [0.4, 0.5) is 0 Å². The molecule has 0 spiro atoms. The van der Waals surface area contributed by atoms with Gasteiger partial charge >= 0.3 is 0 Å². The van der Waals surface area contributed by atoms with Crippen molar-refractivity contribution >= 4 is 9.84 Å². The van der Waals surface area contributed by atoms with Crippen LogP contribution in [0.25, 0.3) is 0 Å². The fraction of sp³-hybridized carbons (Fsp3) is 1.00. The highest BCUT2D eigenvalue weighted by molar-refractivity contribution is 7.92. The Labute approximate surface area is 86.6 Å². The molecule has 0 aliphatic rings. The normalized spacial score (nSPS) is 15.5. The summed E-state index contributed by atoms with van der Waals surface area (Å²) < 4.78 is 21.9. The molecular weight excluding hydrogens is 202 g/mol. The first-order valence-electron chi connectivity index (χ1n) is 4.72. The zero-order valence-corrected chi connectivity index (χ0v) is 10.2.